The molecule has 5 nitrogen and oxygen atoms in total. The molecule has 0 aliphatic carbocycles. The third-order valence-electron chi connectivity index (χ3n) is 4.33. The Morgan fingerprint density at radius 1 is 0.742 bits per heavy atom. The molecule has 0 saturated heterocycles. The van der Waals surface area contributed by atoms with Crippen molar-refractivity contribution in [1.29, 1.82) is 0 Å². The van der Waals surface area contributed by atoms with E-state index >= 15 is 0 Å². The largest absolute Gasteiger partial charge is 0.340 e. The van der Waals surface area contributed by atoms with Gasteiger partial charge in [0.1, 0.15) is 29.6 Å². The molecule has 0 unspecified atom stereocenters. The van der Waals surface area contributed by atoms with E-state index in [9.17, 15) is 18.0 Å². The molecule has 1 heterocycles. The Hall–Kier alpha value is -4.20. The standard InChI is InChI=1S/C23H15F3N4O/c24-16-3-1-2-15(8-16)21-12-22(28-13-27-21)29-19-6-4-14(5-7-19)23(31)30-20-10-17(25)9-18(26)11-20/h1-13H,(H,30,31)(H,27,28,29). The third kappa shape index (κ3) is 5.05. The summed E-state index contributed by atoms with van der Waals surface area (Å²) in [7, 11) is 0. The zero-order chi connectivity index (χ0) is 21.8. The van der Waals surface area contributed by atoms with Crippen LogP contribution in [0, 0.1) is 17.5 Å². The highest BCUT2D eigenvalue weighted by atomic mass is 19.1. The second-order valence-electron chi connectivity index (χ2n) is 6.61. The Morgan fingerprint density at radius 2 is 1.48 bits per heavy atom. The van der Waals surface area contributed by atoms with E-state index in [2.05, 4.69) is 20.6 Å². The first-order valence-electron chi connectivity index (χ1n) is 9.19. The van der Waals surface area contributed by atoms with Crippen LogP contribution in [0.4, 0.5) is 30.4 Å². The van der Waals surface area contributed by atoms with Gasteiger partial charge in [-0.05, 0) is 48.5 Å². The molecule has 4 aromatic rings. The molecule has 154 valence electrons. The molecule has 0 bridgehead atoms. The fraction of sp³-hybridized carbons (Fsp3) is 0. The third-order valence-corrected chi connectivity index (χ3v) is 4.33. The number of anilines is 3. The Morgan fingerprint density at radius 3 is 2.19 bits per heavy atom. The molecule has 0 spiro atoms. The maximum Gasteiger partial charge on any atom is 0.255 e. The Balaban J connectivity index is 1.46. The second-order valence-corrected chi connectivity index (χ2v) is 6.61. The molecule has 3 aromatic carbocycles. The lowest BCUT2D eigenvalue weighted by atomic mass is 10.1. The highest BCUT2D eigenvalue weighted by Gasteiger charge is 2.09. The molecule has 2 N–H and O–H groups in total. The summed E-state index contributed by atoms with van der Waals surface area (Å²) in [5.41, 5.74) is 2.15. The summed E-state index contributed by atoms with van der Waals surface area (Å²) < 4.78 is 40.0. The zero-order valence-corrected chi connectivity index (χ0v) is 15.9. The first-order valence-corrected chi connectivity index (χ1v) is 9.19. The van der Waals surface area contributed by atoms with Gasteiger partial charge in [0.05, 0.1) is 5.69 Å². The van der Waals surface area contributed by atoms with Gasteiger partial charge >= 0.3 is 0 Å². The summed E-state index contributed by atoms with van der Waals surface area (Å²) in [6, 6.07) is 17.0. The monoisotopic (exact) mass is 420 g/mol. The quantitative estimate of drug-likeness (QED) is 0.444. The fourth-order valence-electron chi connectivity index (χ4n) is 2.91. The van der Waals surface area contributed by atoms with Gasteiger partial charge in [0.15, 0.2) is 0 Å². The van der Waals surface area contributed by atoms with E-state index in [1.807, 2.05) is 0 Å². The predicted octanol–water partition coefficient (Wildman–Crippen LogP) is 5.56. The smallest absolute Gasteiger partial charge is 0.255 e. The van der Waals surface area contributed by atoms with Gasteiger partial charge in [0.2, 0.25) is 0 Å². The Labute approximate surface area is 175 Å². The van der Waals surface area contributed by atoms with Crippen LogP contribution in [0.5, 0.6) is 0 Å². The molecule has 1 aromatic heterocycles. The van der Waals surface area contributed by atoms with Crippen molar-refractivity contribution in [3.05, 3.63) is 102 Å². The number of carbonyl (C=O) groups is 1. The molecule has 8 heteroatoms. The minimum Gasteiger partial charge on any atom is -0.340 e. The summed E-state index contributed by atoms with van der Waals surface area (Å²) in [6.45, 7) is 0. The number of benzene rings is 3. The summed E-state index contributed by atoms with van der Waals surface area (Å²) in [5.74, 6) is -1.94. The van der Waals surface area contributed by atoms with Gasteiger partial charge in [-0.1, -0.05) is 12.1 Å². The first kappa shape index (κ1) is 20.1. The van der Waals surface area contributed by atoms with Gasteiger partial charge < -0.3 is 10.6 Å². The van der Waals surface area contributed by atoms with Crippen molar-refractivity contribution in [3.8, 4) is 11.3 Å². The number of rotatable bonds is 5. The SMILES string of the molecule is O=C(Nc1cc(F)cc(F)c1)c1ccc(Nc2cc(-c3cccc(F)c3)ncn2)cc1. The van der Waals surface area contributed by atoms with Crippen LogP contribution in [-0.2, 0) is 0 Å². The van der Waals surface area contributed by atoms with Crippen molar-refractivity contribution in [2.75, 3.05) is 10.6 Å². The highest BCUT2D eigenvalue weighted by molar-refractivity contribution is 6.04. The number of nitrogens with one attached hydrogen (secondary N) is 2. The van der Waals surface area contributed by atoms with E-state index in [1.54, 1.807) is 42.5 Å². The number of amides is 1. The number of aromatic nitrogens is 2. The molecule has 0 radical (unpaired) electrons. The van der Waals surface area contributed by atoms with Crippen LogP contribution in [-0.4, -0.2) is 15.9 Å². The topological polar surface area (TPSA) is 66.9 Å². The summed E-state index contributed by atoms with van der Waals surface area (Å²) in [4.78, 5) is 20.6. The van der Waals surface area contributed by atoms with Gasteiger partial charge in [-0.15, -0.1) is 0 Å². The number of nitrogens with zero attached hydrogens (tertiary/aromatic N) is 2. The molecule has 0 atom stereocenters. The average molecular weight is 420 g/mol. The maximum atomic E-state index is 13.5. The number of halogens is 3. The van der Waals surface area contributed by atoms with E-state index in [-0.39, 0.29) is 11.5 Å². The van der Waals surface area contributed by atoms with E-state index in [1.165, 1.54) is 18.5 Å². The molecule has 0 fully saturated rings. The Bertz CT molecular complexity index is 1230. The molecule has 31 heavy (non-hydrogen) atoms. The molecule has 0 saturated carbocycles. The fourth-order valence-corrected chi connectivity index (χ4v) is 2.91. The van der Waals surface area contributed by atoms with E-state index in [4.69, 9.17) is 0 Å². The van der Waals surface area contributed by atoms with Crippen LogP contribution in [0.15, 0.2) is 79.1 Å². The lowest BCUT2D eigenvalue weighted by Gasteiger charge is -2.09. The van der Waals surface area contributed by atoms with Crippen LogP contribution in [0.3, 0.4) is 0 Å². The predicted molar refractivity (Wildman–Crippen MR) is 111 cm³/mol. The van der Waals surface area contributed by atoms with Crippen LogP contribution < -0.4 is 10.6 Å². The zero-order valence-electron chi connectivity index (χ0n) is 15.9. The number of hydrogen-bond acceptors (Lipinski definition) is 4. The maximum absolute atomic E-state index is 13.5. The van der Waals surface area contributed by atoms with Gasteiger partial charge in [0, 0.05) is 34.6 Å². The van der Waals surface area contributed by atoms with Crippen molar-refractivity contribution >= 4 is 23.1 Å². The van der Waals surface area contributed by atoms with Gasteiger partial charge in [-0.2, -0.15) is 0 Å². The molecular formula is C23H15F3N4O. The van der Waals surface area contributed by atoms with Crippen molar-refractivity contribution in [2.45, 2.75) is 0 Å². The van der Waals surface area contributed by atoms with E-state index in [0.717, 1.165) is 18.2 Å². The molecule has 4 rings (SSSR count). The molecule has 0 aliphatic rings. The molecular weight excluding hydrogens is 405 g/mol. The average Bonchev–Trinajstić information content (AvgIpc) is 2.74. The van der Waals surface area contributed by atoms with Crippen LogP contribution in [0.25, 0.3) is 11.3 Å². The normalized spacial score (nSPS) is 10.5. The van der Waals surface area contributed by atoms with Crippen LogP contribution in [0.1, 0.15) is 10.4 Å². The first-order chi connectivity index (χ1) is 15.0. The number of carbonyl (C=O) groups excluding carboxylic acids is 1. The van der Waals surface area contributed by atoms with E-state index in [0.29, 0.717) is 28.3 Å². The van der Waals surface area contributed by atoms with E-state index < -0.39 is 17.5 Å². The summed E-state index contributed by atoms with van der Waals surface area (Å²) in [5, 5.41) is 5.53. The van der Waals surface area contributed by atoms with Crippen LogP contribution >= 0.6 is 0 Å². The highest BCUT2D eigenvalue weighted by Crippen LogP contribution is 2.22. The Kier molecular flexibility index (Phi) is 5.61. The van der Waals surface area contributed by atoms with Crippen molar-refractivity contribution in [3.63, 3.8) is 0 Å². The molecule has 0 aliphatic heterocycles. The summed E-state index contributed by atoms with van der Waals surface area (Å²) >= 11 is 0. The minimum absolute atomic E-state index is 0.0237. The second kappa shape index (κ2) is 8.66. The van der Waals surface area contributed by atoms with Gasteiger partial charge in [-0.3, -0.25) is 4.79 Å². The van der Waals surface area contributed by atoms with Gasteiger partial charge in [-0.25, -0.2) is 23.1 Å². The lowest BCUT2D eigenvalue weighted by Crippen LogP contribution is -2.12. The van der Waals surface area contributed by atoms with Crippen molar-refractivity contribution in [2.24, 2.45) is 0 Å². The summed E-state index contributed by atoms with van der Waals surface area (Å²) in [6.07, 6.45) is 1.36. The number of hydrogen-bond donors (Lipinski definition) is 2. The minimum atomic E-state index is -0.780. The van der Waals surface area contributed by atoms with Crippen molar-refractivity contribution < 1.29 is 18.0 Å². The van der Waals surface area contributed by atoms with Gasteiger partial charge in [0.25, 0.3) is 5.91 Å². The molecule has 1 amide bonds. The van der Waals surface area contributed by atoms with Crippen LogP contribution in [0.2, 0.25) is 0 Å². The van der Waals surface area contributed by atoms with Crippen molar-refractivity contribution in [1.82, 2.24) is 9.97 Å². The lowest BCUT2D eigenvalue weighted by molar-refractivity contribution is 0.102.